The van der Waals surface area contributed by atoms with Gasteiger partial charge in [0.1, 0.15) is 6.04 Å². The van der Waals surface area contributed by atoms with Crippen molar-refractivity contribution < 1.29 is 9.59 Å². The van der Waals surface area contributed by atoms with Crippen LogP contribution in [0.15, 0.2) is 0 Å². The number of amides is 2. The average Bonchev–Trinajstić information content (AvgIpc) is 2.26. The molecule has 3 N–H and O–H groups in total. The number of likely N-dealkylation sites (N-methyl/N-ethyl adjacent to an activating group) is 2. The number of hydrogen-bond acceptors (Lipinski definition) is 3. The second-order valence-corrected chi connectivity index (χ2v) is 5.14. The SMILES string of the molecule is CNC(=O)C(CC(C)C)NC(=O)C(C)(C)NC. The third-order valence-electron chi connectivity index (χ3n) is 2.77. The molecule has 1 unspecified atom stereocenters. The molecule has 0 rings (SSSR count). The Morgan fingerprint density at radius 3 is 2.06 bits per heavy atom. The Morgan fingerprint density at radius 1 is 1.18 bits per heavy atom. The highest BCUT2D eigenvalue weighted by Gasteiger charge is 2.29. The van der Waals surface area contributed by atoms with Gasteiger partial charge in [-0.15, -0.1) is 0 Å². The van der Waals surface area contributed by atoms with Gasteiger partial charge in [-0.25, -0.2) is 0 Å². The van der Waals surface area contributed by atoms with Crippen molar-refractivity contribution in [3.8, 4) is 0 Å². The Balaban J connectivity index is 4.64. The van der Waals surface area contributed by atoms with Crippen LogP contribution < -0.4 is 16.0 Å². The fourth-order valence-electron chi connectivity index (χ4n) is 1.33. The summed E-state index contributed by atoms with van der Waals surface area (Å²) in [5.41, 5.74) is -0.677. The Hall–Kier alpha value is -1.10. The van der Waals surface area contributed by atoms with E-state index in [1.165, 1.54) is 0 Å². The summed E-state index contributed by atoms with van der Waals surface area (Å²) in [4.78, 5) is 23.6. The van der Waals surface area contributed by atoms with Gasteiger partial charge in [0, 0.05) is 7.05 Å². The van der Waals surface area contributed by atoms with Gasteiger partial charge in [-0.1, -0.05) is 13.8 Å². The van der Waals surface area contributed by atoms with Crippen molar-refractivity contribution in [1.82, 2.24) is 16.0 Å². The van der Waals surface area contributed by atoms with E-state index in [9.17, 15) is 9.59 Å². The summed E-state index contributed by atoms with van der Waals surface area (Å²) in [7, 11) is 3.29. The molecule has 0 aliphatic carbocycles. The van der Waals surface area contributed by atoms with Crippen LogP contribution in [0.2, 0.25) is 0 Å². The summed E-state index contributed by atoms with van der Waals surface area (Å²) in [5, 5.41) is 8.26. The number of carbonyl (C=O) groups excluding carboxylic acids is 2. The maximum atomic E-state index is 12.0. The van der Waals surface area contributed by atoms with Crippen molar-refractivity contribution >= 4 is 11.8 Å². The molecule has 0 fully saturated rings. The van der Waals surface area contributed by atoms with E-state index in [4.69, 9.17) is 0 Å². The summed E-state index contributed by atoms with van der Waals surface area (Å²) >= 11 is 0. The van der Waals surface area contributed by atoms with Crippen LogP contribution in [-0.4, -0.2) is 37.5 Å². The van der Waals surface area contributed by atoms with Crippen molar-refractivity contribution in [2.75, 3.05) is 14.1 Å². The number of nitrogens with one attached hydrogen (secondary N) is 3. The second-order valence-electron chi connectivity index (χ2n) is 5.14. The summed E-state index contributed by atoms with van der Waals surface area (Å²) in [5.74, 6) is 0.0171. The third kappa shape index (κ3) is 5.17. The minimum absolute atomic E-state index is 0.154. The number of hydrogen-bond donors (Lipinski definition) is 3. The molecule has 0 heterocycles. The van der Waals surface area contributed by atoms with Crippen molar-refractivity contribution in [3.05, 3.63) is 0 Å². The van der Waals surface area contributed by atoms with Gasteiger partial charge in [0.2, 0.25) is 11.8 Å². The van der Waals surface area contributed by atoms with Crippen molar-refractivity contribution in [3.63, 3.8) is 0 Å². The van der Waals surface area contributed by atoms with Gasteiger partial charge < -0.3 is 16.0 Å². The first-order valence-electron chi connectivity index (χ1n) is 5.96. The van der Waals surface area contributed by atoms with Crippen LogP contribution >= 0.6 is 0 Å². The first kappa shape index (κ1) is 15.9. The molecule has 17 heavy (non-hydrogen) atoms. The topological polar surface area (TPSA) is 70.2 Å². The van der Waals surface area contributed by atoms with E-state index < -0.39 is 11.6 Å². The van der Waals surface area contributed by atoms with Gasteiger partial charge in [0.25, 0.3) is 0 Å². The Labute approximate surface area is 104 Å². The Morgan fingerprint density at radius 2 is 1.71 bits per heavy atom. The van der Waals surface area contributed by atoms with Crippen LogP contribution in [0, 0.1) is 5.92 Å². The van der Waals surface area contributed by atoms with Gasteiger partial charge in [-0.3, -0.25) is 9.59 Å². The molecule has 0 radical (unpaired) electrons. The van der Waals surface area contributed by atoms with Crippen molar-refractivity contribution in [1.29, 1.82) is 0 Å². The monoisotopic (exact) mass is 243 g/mol. The second kappa shape index (κ2) is 6.59. The molecule has 0 saturated heterocycles. The zero-order chi connectivity index (χ0) is 13.6. The molecule has 5 heteroatoms. The molecule has 5 nitrogen and oxygen atoms in total. The summed E-state index contributed by atoms with van der Waals surface area (Å²) < 4.78 is 0. The van der Waals surface area contributed by atoms with Crippen LogP contribution in [0.1, 0.15) is 34.1 Å². The van der Waals surface area contributed by atoms with Gasteiger partial charge in [0.15, 0.2) is 0 Å². The van der Waals surface area contributed by atoms with Gasteiger partial charge >= 0.3 is 0 Å². The molecule has 0 aliphatic heterocycles. The van der Waals surface area contributed by atoms with E-state index in [0.717, 1.165) is 0 Å². The lowest BCUT2D eigenvalue weighted by Crippen LogP contribution is -2.56. The Kier molecular flexibility index (Phi) is 6.16. The number of carbonyl (C=O) groups is 2. The molecule has 0 aromatic rings. The fraction of sp³-hybridized carbons (Fsp3) is 0.833. The van der Waals surface area contributed by atoms with Crippen LogP contribution in [0.5, 0.6) is 0 Å². The lowest BCUT2D eigenvalue weighted by Gasteiger charge is -2.27. The summed E-state index contributed by atoms with van der Waals surface area (Å²) in [6.07, 6.45) is 0.630. The average molecular weight is 243 g/mol. The maximum Gasteiger partial charge on any atom is 0.242 e. The Bertz CT molecular complexity index is 275. The predicted molar refractivity (Wildman–Crippen MR) is 68.6 cm³/mol. The summed E-state index contributed by atoms with van der Waals surface area (Å²) in [6.45, 7) is 7.59. The van der Waals surface area contributed by atoms with E-state index in [0.29, 0.717) is 12.3 Å². The van der Waals surface area contributed by atoms with Crippen LogP contribution in [0.4, 0.5) is 0 Å². The summed E-state index contributed by atoms with van der Waals surface area (Å²) in [6, 6.07) is -0.472. The molecule has 0 spiro atoms. The zero-order valence-electron chi connectivity index (χ0n) is 11.7. The quantitative estimate of drug-likeness (QED) is 0.627. The van der Waals surface area contributed by atoms with Crippen LogP contribution in [0.25, 0.3) is 0 Å². The molecule has 0 bridgehead atoms. The molecule has 0 aromatic carbocycles. The van der Waals surface area contributed by atoms with Gasteiger partial charge in [-0.2, -0.15) is 0 Å². The highest BCUT2D eigenvalue weighted by molar-refractivity contribution is 5.91. The van der Waals surface area contributed by atoms with Crippen LogP contribution in [0.3, 0.4) is 0 Å². The highest BCUT2D eigenvalue weighted by atomic mass is 16.2. The molecule has 2 amide bonds. The maximum absolute atomic E-state index is 12.0. The van der Waals surface area contributed by atoms with Crippen molar-refractivity contribution in [2.24, 2.45) is 5.92 Å². The van der Waals surface area contributed by atoms with Crippen molar-refractivity contribution in [2.45, 2.75) is 45.7 Å². The fourth-order valence-corrected chi connectivity index (χ4v) is 1.33. The predicted octanol–water partition coefficient (Wildman–Crippen LogP) is 0.261. The zero-order valence-corrected chi connectivity index (χ0v) is 11.7. The van der Waals surface area contributed by atoms with Crippen LogP contribution in [-0.2, 0) is 9.59 Å². The molecule has 100 valence electrons. The van der Waals surface area contributed by atoms with E-state index in [-0.39, 0.29) is 11.8 Å². The smallest absolute Gasteiger partial charge is 0.242 e. The van der Waals surface area contributed by atoms with E-state index >= 15 is 0 Å². The molecule has 0 aliphatic rings. The first-order chi connectivity index (χ1) is 7.74. The van der Waals surface area contributed by atoms with Gasteiger partial charge in [-0.05, 0) is 33.2 Å². The third-order valence-corrected chi connectivity index (χ3v) is 2.77. The molecule has 1 atom stereocenters. The van der Waals surface area contributed by atoms with Gasteiger partial charge in [0.05, 0.1) is 5.54 Å². The van der Waals surface area contributed by atoms with E-state index in [1.54, 1.807) is 27.9 Å². The minimum atomic E-state index is -0.677. The minimum Gasteiger partial charge on any atom is -0.357 e. The van der Waals surface area contributed by atoms with E-state index in [1.807, 2.05) is 13.8 Å². The molecular formula is C12H25N3O2. The number of rotatable bonds is 6. The highest BCUT2D eigenvalue weighted by Crippen LogP contribution is 2.07. The largest absolute Gasteiger partial charge is 0.357 e. The first-order valence-corrected chi connectivity index (χ1v) is 5.96. The molecule has 0 aromatic heterocycles. The lowest BCUT2D eigenvalue weighted by atomic mass is 10.00. The lowest BCUT2D eigenvalue weighted by molar-refractivity contribution is -0.132. The normalized spacial score (nSPS) is 13.4. The molecular weight excluding hydrogens is 218 g/mol. The molecule has 0 saturated carbocycles. The van der Waals surface area contributed by atoms with E-state index in [2.05, 4.69) is 16.0 Å². The standard InChI is InChI=1S/C12H25N3O2/c1-8(2)7-9(10(16)13-5)15-11(17)12(3,4)14-6/h8-9,14H,7H2,1-6H3,(H,13,16)(H,15,17).